The zero-order chi connectivity index (χ0) is 17.1. The standard InChI is InChI=1S/C21H23NO2/c1-14-9-10-19-18(13-24-21(19)16(14)3)11-20(23)22-12-15(2)17-7-5-4-6-8-17/h4-10,13,15H,11-12H2,1-3H3,(H,22,23)/t15-/m1/s1. The zero-order valence-electron chi connectivity index (χ0n) is 14.4. The molecule has 1 N–H and O–H groups in total. The molecule has 1 aromatic heterocycles. The Balaban J connectivity index is 1.64. The summed E-state index contributed by atoms with van der Waals surface area (Å²) in [6.45, 7) is 6.87. The number of hydrogen-bond acceptors (Lipinski definition) is 2. The summed E-state index contributed by atoms with van der Waals surface area (Å²) in [6, 6.07) is 14.3. The van der Waals surface area contributed by atoms with Gasteiger partial charge >= 0.3 is 0 Å². The molecule has 0 saturated carbocycles. The van der Waals surface area contributed by atoms with Crippen molar-refractivity contribution in [3.8, 4) is 0 Å². The first-order valence-electron chi connectivity index (χ1n) is 8.34. The molecule has 1 atom stereocenters. The van der Waals surface area contributed by atoms with Gasteiger partial charge in [0.05, 0.1) is 12.7 Å². The summed E-state index contributed by atoms with van der Waals surface area (Å²) in [7, 11) is 0. The van der Waals surface area contributed by atoms with Crippen LogP contribution in [-0.4, -0.2) is 12.5 Å². The van der Waals surface area contributed by atoms with Crippen LogP contribution >= 0.6 is 0 Å². The molecule has 3 nitrogen and oxygen atoms in total. The summed E-state index contributed by atoms with van der Waals surface area (Å²) in [5.74, 6) is 0.319. The Morgan fingerprint density at radius 3 is 2.62 bits per heavy atom. The highest BCUT2D eigenvalue weighted by molar-refractivity contribution is 5.89. The molecule has 0 radical (unpaired) electrons. The molecule has 0 bridgehead atoms. The van der Waals surface area contributed by atoms with E-state index in [1.54, 1.807) is 6.26 Å². The number of benzene rings is 2. The van der Waals surface area contributed by atoms with Crippen molar-refractivity contribution in [2.75, 3.05) is 6.54 Å². The van der Waals surface area contributed by atoms with E-state index in [1.807, 2.05) is 31.2 Å². The highest BCUT2D eigenvalue weighted by Gasteiger charge is 2.13. The molecule has 24 heavy (non-hydrogen) atoms. The van der Waals surface area contributed by atoms with Crippen LogP contribution in [0.3, 0.4) is 0 Å². The van der Waals surface area contributed by atoms with Gasteiger partial charge in [-0.25, -0.2) is 0 Å². The van der Waals surface area contributed by atoms with E-state index in [0.29, 0.717) is 18.9 Å². The third-order valence-corrected chi connectivity index (χ3v) is 4.67. The highest BCUT2D eigenvalue weighted by Crippen LogP contribution is 2.26. The van der Waals surface area contributed by atoms with Crippen molar-refractivity contribution >= 4 is 16.9 Å². The van der Waals surface area contributed by atoms with Crippen LogP contribution in [-0.2, 0) is 11.2 Å². The summed E-state index contributed by atoms with van der Waals surface area (Å²) in [4.78, 5) is 12.3. The van der Waals surface area contributed by atoms with E-state index in [0.717, 1.165) is 22.1 Å². The molecule has 124 valence electrons. The Labute approximate surface area is 142 Å². The summed E-state index contributed by atoms with van der Waals surface area (Å²) in [5.41, 5.74) is 5.40. The first-order valence-corrected chi connectivity index (χ1v) is 8.34. The lowest BCUT2D eigenvalue weighted by Gasteiger charge is -2.12. The topological polar surface area (TPSA) is 42.2 Å². The largest absolute Gasteiger partial charge is 0.464 e. The van der Waals surface area contributed by atoms with Crippen molar-refractivity contribution in [2.45, 2.75) is 33.1 Å². The van der Waals surface area contributed by atoms with Gasteiger partial charge in [-0.3, -0.25) is 4.79 Å². The number of fused-ring (bicyclic) bond motifs is 1. The number of amides is 1. The third kappa shape index (κ3) is 3.35. The van der Waals surface area contributed by atoms with Crippen LogP contribution in [0, 0.1) is 13.8 Å². The SMILES string of the molecule is Cc1ccc2c(CC(=O)NC[C@@H](C)c3ccccc3)coc2c1C. The Morgan fingerprint density at radius 2 is 1.88 bits per heavy atom. The summed E-state index contributed by atoms with van der Waals surface area (Å²) in [5, 5.41) is 4.06. The number of aryl methyl sites for hydroxylation is 2. The van der Waals surface area contributed by atoms with Gasteiger partial charge < -0.3 is 9.73 Å². The summed E-state index contributed by atoms with van der Waals surface area (Å²) < 4.78 is 5.68. The third-order valence-electron chi connectivity index (χ3n) is 4.67. The molecule has 2 aromatic carbocycles. The molecule has 0 saturated heterocycles. The van der Waals surface area contributed by atoms with E-state index in [9.17, 15) is 4.79 Å². The minimum Gasteiger partial charge on any atom is -0.464 e. The Kier molecular flexibility index (Phi) is 4.70. The number of rotatable bonds is 5. The Bertz CT molecular complexity index is 849. The molecule has 0 aliphatic carbocycles. The Morgan fingerprint density at radius 1 is 1.12 bits per heavy atom. The molecule has 0 unspecified atom stereocenters. The minimum absolute atomic E-state index is 0.0266. The number of carbonyl (C=O) groups excluding carboxylic acids is 1. The van der Waals surface area contributed by atoms with Crippen LogP contribution < -0.4 is 5.32 Å². The van der Waals surface area contributed by atoms with Crippen LogP contribution in [0.15, 0.2) is 53.1 Å². The van der Waals surface area contributed by atoms with Crippen molar-refractivity contribution in [2.24, 2.45) is 0 Å². The molecule has 0 spiro atoms. The van der Waals surface area contributed by atoms with Gasteiger partial charge in [0.2, 0.25) is 5.91 Å². The second-order valence-electron chi connectivity index (χ2n) is 6.44. The molecule has 1 amide bonds. The maximum Gasteiger partial charge on any atom is 0.224 e. The average Bonchev–Trinajstić information content (AvgIpc) is 3.00. The second-order valence-corrected chi connectivity index (χ2v) is 6.44. The first-order chi connectivity index (χ1) is 11.6. The van der Waals surface area contributed by atoms with Gasteiger partial charge in [-0.2, -0.15) is 0 Å². The van der Waals surface area contributed by atoms with Crippen molar-refractivity contribution in [1.29, 1.82) is 0 Å². The molecule has 0 aliphatic heterocycles. The van der Waals surface area contributed by atoms with Gasteiger partial charge in [0.25, 0.3) is 0 Å². The molecular formula is C21H23NO2. The monoisotopic (exact) mass is 321 g/mol. The first kappa shape index (κ1) is 16.3. The van der Waals surface area contributed by atoms with E-state index >= 15 is 0 Å². The maximum atomic E-state index is 12.3. The van der Waals surface area contributed by atoms with Crippen molar-refractivity contribution in [1.82, 2.24) is 5.32 Å². The minimum atomic E-state index is 0.0266. The van der Waals surface area contributed by atoms with Crippen molar-refractivity contribution < 1.29 is 9.21 Å². The zero-order valence-corrected chi connectivity index (χ0v) is 14.4. The van der Waals surface area contributed by atoms with Crippen LogP contribution in [0.2, 0.25) is 0 Å². The van der Waals surface area contributed by atoms with Crippen LogP contribution in [0.25, 0.3) is 11.0 Å². The molecule has 3 rings (SSSR count). The fraction of sp³-hybridized carbons (Fsp3) is 0.286. The lowest BCUT2D eigenvalue weighted by Crippen LogP contribution is -2.28. The fourth-order valence-corrected chi connectivity index (χ4v) is 2.93. The fourth-order valence-electron chi connectivity index (χ4n) is 2.93. The summed E-state index contributed by atoms with van der Waals surface area (Å²) in [6.07, 6.45) is 2.05. The van der Waals surface area contributed by atoms with Crippen LogP contribution in [0.4, 0.5) is 0 Å². The van der Waals surface area contributed by atoms with Gasteiger partial charge in [-0.1, -0.05) is 49.4 Å². The lowest BCUT2D eigenvalue weighted by molar-refractivity contribution is -0.120. The number of nitrogens with one attached hydrogen (secondary N) is 1. The van der Waals surface area contributed by atoms with E-state index in [4.69, 9.17) is 4.42 Å². The maximum absolute atomic E-state index is 12.3. The second kappa shape index (κ2) is 6.91. The molecule has 0 fully saturated rings. The lowest BCUT2D eigenvalue weighted by atomic mass is 10.0. The van der Waals surface area contributed by atoms with E-state index in [1.165, 1.54) is 11.1 Å². The Hall–Kier alpha value is -2.55. The van der Waals surface area contributed by atoms with E-state index < -0.39 is 0 Å². The molecule has 3 aromatic rings. The molecule has 0 aliphatic rings. The predicted molar refractivity (Wildman–Crippen MR) is 97.3 cm³/mol. The van der Waals surface area contributed by atoms with Gasteiger partial charge in [0.15, 0.2) is 0 Å². The average molecular weight is 321 g/mol. The van der Waals surface area contributed by atoms with Gasteiger partial charge in [-0.15, -0.1) is 0 Å². The smallest absolute Gasteiger partial charge is 0.224 e. The van der Waals surface area contributed by atoms with E-state index in [2.05, 4.69) is 37.4 Å². The molecular weight excluding hydrogens is 298 g/mol. The number of furan rings is 1. The quantitative estimate of drug-likeness (QED) is 0.751. The van der Waals surface area contributed by atoms with Crippen molar-refractivity contribution in [3.63, 3.8) is 0 Å². The highest BCUT2D eigenvalue weighted by atomic mass is 16.3. The van der Waals surface area contributed by atoms with E-state index in [-0.39, 0.29) is 5.91 Å². The predicted octanol–water partition coefficient (Wildman–Crippen LogP) is 4.51. The molecule has 1 heterocycles. The van der Waals surface area contributed by atoms with Gasteiger partial charge in [0.1, 0.15) is 5.58 Å². The van der Waals surface area contributed by atoms with Crippen LogP contribution in [0.5, 0.6) is 0 Å². The number of hydrogen-bond donors (Lipinski definition) is 1. The normalized spacial score (nSPS) is 12.3. The number of carbonyl (C=O) groups is 1. The van der Waals surface area contributed by atoms with Crippen molar-refractivity contribution in [3.05, 3.63) is 71.0 Å². The molecule has 3 heteroatoms. The summed E-state index contributed by atoms with van der Waals surface area (Å²) >= 11 is 0. The van der Waals surface area contributed by atoms with Gasteiger partial charge in [-0.05, 0) is 36.5 Å². The van der Waals surface area contributed by atoms with Crippen LogP contribution in [0.1, 0.15) is 35.1 Å². The van der Waals surface area contributed by atoms with Gasteiger partial charge in [0, 0.05) is 17.5 Å².